The van der Waals surface area contributed by atoms with E-state index in [4.69, 9.17) is 4.99 Å². The Hall–Kier alpha value is -2.24. The minimum Gasteiger partial charge on any atom is -0.260 e. The van der Waals surface area contributed by atoms with E-state index in [2.05, 4.69) is 98.8 Å². The Morgan fingerprint density at radius 2 is 1.21 bits per heavy atom. The summed E-state index contributed by atoms with van der Waals surface area (Å²) in [5, 5.41) is 4.01. The van der Waals surface area contributed by atoms with Crippen molar-refractivity contribution in [3.63, 3.8) is 0 Å². The van der Waals surface area contributed by atoms with E-state index >= 15 is 0 Å². The van der Waals surface area contributed by atoms with E-state index in [1.165, 1.54) is 15.9 Å². The first kappa shape index (κ1) is 16.6. The smallest absolute Gasteiger partial charge is 0.0709 e. The van der Waals surface area contributed by atoms with Gasteiger partial charge in [-0.05, 0) is 30.5 Å². The molecule has 0 fully saturated rings. The number of aliphatic imine (C=N–C) groups is 1. The molecule has 2 heteroatoms. The van der Waals surface area contributed by atoms with E-state index in [-0.39, 0.29) is 0 Å². The van der Waals surface area contributed by atoms with E-state index in [1.54, 1.807) is 0 Å². The lowest BCUT2D eigenvalue weighted by molar-refractivity contribution is 0.908. The van der Waals surface area contributed by atoms with Crippen LogP contribution in [-0.4, -0.2) is 6.21 Å². The van der Waals surface area contributed by atoms with Crippen LogP contribution in [0.1, 0.15) is 13.8 Å². The lowest BCUT2D eigenvalue weighted by Crippen LogP contribution is -2.20. The lowest BCUT2D eigenvalue weighted by Gasteiger charge is -2.20. The van der Waals surface area contributed by atoms with Crippen LogP contribution in [0.5, 0.6) is 0 Å². The summed E-state index contributed by atoms with van der Waals surface area (Å²) >= 11 is 0. The van der Waals surface area contributed by atoms with Crippen LogP contribution in [0.4, 0.5) is 5.69 Å². The molecule has 24 heavy (non-hydrogen) atoms. The van der Waals surface area contributed by atoms with E-state index in [0.717, 1.165) is 5.69 Å². The molecule has 0 atom stereocenters. The van der Waals surface area contributed by atoms with Crippen molar-refractivity contribution in [1.82, 2.24) is 0 Å². The monoisotopic (exact) mass is 331 g/mol. The van der Waals surface area contributed by atoms with Crippen LogP contribution in [0.15, 0.2) is 89.9 Å². The lowest BCUT2D eigenvalue weighted by atomic mass is 10.2. The van der Waals surface area contributed by atoms with Crippen LogP contribution in [0.3, 0.4) is 0 Å². The average Bonchev–Trinajstić information content (AvgIpc) is 2.63. The third kappa shape index (κ3) is 3.99. The first-order chi connectivity index (χ1) is 11.8. The maximum absolute atomic E-state index is 4.77. The quantitative estimate of drug-likeness (QED) is 0.470. The molecule has 120 valence electrons. The van der Waals surface area contributed by atoms with Crippen LogP contribution in [0.2, 0.25) is 0 Å². The highest BCUT2D eigenvalue weighted by Gasteiger charge is 2.18. The van der Waals surface area contributed by atoms with E-state index in [1.807, 2.05) is 6.21 Å². The third-order valence-electron chi connectivity index (χ3n) is 3.66. The minimum absolute atomic E-state index is 0.442. The number of hydrogen-bond donors (Lipinski definition) is 0. The maximum atomic E-state index is 4.77. The predicted octanol–water partition coefficient (Wildman–Crippen LogP) is 4.80. The summed E-state index contributed by atoms with van der Waals surface area (Å²) in [5.41, 5.74) is 1.07. The van der Waals surface area contributed by atoms with Gasteiger partial charge in [-0.1, -0.05) is 92.7 Å². The summed E-state index contributed by atoms with van der Waals surface area (Å²) in [7, 11) is -0.611. The van der Waals surface area contributed by atoms with Gasteiger partial charge < -0.3 is 0 Å². The van der Waals surface area contributed by atoms with E-state index in [9.17, 15) is 0 Å². The fourth-order valence-corrected chi connectivity index (χ4v) is 4.96. The molecular weight excluding hydrogens is 309 g/mol. The number of hydrogen-bond acceptors (Lipinski definition) is 1. The molecule has 0 aliphatic rings. The highest BCUT2D eigenvalue weighted by atomic mass is 31.1. The molecule has 0 heterocycles. The second-order valence-corrected chi connectivity index (χ2v) is 8.20. The molecule has 0 bridgehead atoms. The van der Waals surface area contributed by atoms with Gasteiger partial charge in [0.2, 0.25) is 0 Å². The summed E-state index contributed by atoms with van der Waals surface area (Å²) in [6, 6.07) is 30.0. The van der Waals surface area contributed by atoms with Gasteiger partial charge in [-0.15, -0.1) is 0 Å². The molecule has 3 aromatic rings. The van der Waals surface area contributed by atoms with Crippen LogP contribution < -0.4 is 15.9 Å². The molecule has 0 N–H and O–H groups in total. The van der Waals surface area contributed by atoms with Crippen molar-refractivity contribution in [3.05, 3.63) is 84.9 Å². The Kier molecular flexibility index (Phi) is 5.56. The minimum atomic E-state index is -0.611. The number of nitrogens with zero attached hydrogens (tertiary/aromatic N) is 1. The largest absolute Gasteiger partial charge is 0.260 e. The average molecular weight is 331 g/mol. The zero-order chi connectivity index (χ0) is 16.8. The van der Waals surface area contributed by atoms with E-state index in [0.29, 0.717) is 5.92 Å². The number of para-hydroxylation sites is 1. The topological polar surface area (TPSA) is 12.4 Å². The van der Waals surface area contributed by atoms with Crippen LogP contribution in [-0.2, 0) is 0 Å². The summed E-state index contributed by atoms with van der Waals surface area (Å²) in [4.78, 5) is 4.77. The van der Waals surface area contributed by atoms with Crippen LogP contribution in [0.25, 0.3) is 0 Å². The van der Waals surface area contributed by atoms with Crippen LogP contribution >= 0.6 is 7.92 Å². The second kappa shape index (κ2) is 8.04. The highest BCUT2D eigenvalue weighted by Crippen LogP contribution is 2.36. The maximum Gasteiger partial charge on any atom is 0.0709 e. The van der Waals surface area contributed by atoms with Gasteiger partial charge in [0.05, 0.1) is 5.69 Å². The molecule has 0 unspecified atom stereocenters. The zero-order valence-corrected chi connectivity index (χ0v) is 15.0. The number of rotatable bonds is 5. The molecule has 3 aromatic carbocycles. The first-order valence-corrected chi connectivity index (χ1v) is 9.63. The molecular formula is C22H22NP. The Labute approximate surface area is 145 Å². The fraction of sp³-hybridized carbons (Fsp3) is 0.136. The Morgan fingerprint density at radius 3 is 1.75 bits per heavy atom. The molecule has 0 spiro atoms. The van der Waals surface area contributed by atoms with Gasteiger partial charge in [-0.3, -0.25) is 4.99 Å². The zero-order valence-electron chi connectivity index (χ0n) is 14.1. The van der Waals surface area contributed by atoms with Gasteiger partial charge in [-0.25, -0.2) is 0 Å². The van der Waals surface area contributed by atoms with Gasteiger partial charge >= 0.3 is 0 Å². The standard InChI is InChI=1S/C22H22NP/c1-18(2)17-23-21-15-9-10-16-22(21)24(19-11-5-3-6-12-19)20-13-7-4-8-14-20/h3-18H,1-2H3. The summed E-state index contributed by atoms with van der Waals surface area (Å²) in [5.74, 6) is 0.442. The van der Waals surface area contributed by atoms with E-state index < -0.39 is 7.92 Å². The second-order valence-electron chi connectivity index (χ2n) is 6.02. The molecule has 1 nitrogen and oxygen atoms in total. The summed E-state index contributed by atoms with van der Waals surface area (Å²) in [6.45, 7) is 4.31. The third-order valence-corrected chi connectivity index (χ3v) is 6.15. The van der Waals surface area contributed by atoms with Crippen molar-refractivity contribution in [3.8, 4) is 0 Å². The van der Waals surface area contributed by atoms with Crippen LogP contribution in [0, 0.1) is 5.92 Å². The van der Waals surface area contributed by atoms with Crippen molar-refractivity contribution in [2.24, 2.45) is 10.9 Å². The Balaban J connectivity index is 2.14. The van der Waals surface area contributed by atoms with Gasteiger partial charge in [0.25, 0.3) is 0 Å². The SMILES string of the molecule is CC(C)C=Nc1ccccc1P(c1ccccc1)c1ccccc1. The summed E-state index contributed by atoms with van der Waals surface area (Å²) in [6.07, 6.45) is 2.03. The summed E-state index contributed by atoms with van der Waals surface area (Å²) < 4.78 is 0. The molecule has 3 rings (SSSR count). The predicted molar refractivity (Wildman–Crippen MR) is 108 cm³/mol. The Morgan fingerprint density at radius 1 is 0.708 bits per heavy atom. The van der Waals surface area contributed by atoms with Crippen molar-refractivity contribution in [2.75, 3.05) is 0 Å². The van der Waals surface area contributed by atoms with Crippen molar-refractivity contribution >= 4 is 35.7 Å². The molecule has 0 aliphatic carbocycles. The molecule has 0 amide bonds. The molecule has 0 aromatic heterocycles. The van der Waals surface area contributed by atoms with Crippen molar-refractivity contribution in [2.45, 2.75) is 13.8 Å². The van der Waals surface area contributed by atoms with Gasteiger partial charge in [-0.2, -0.15) is 0 Å². The molecule has 0 saturated carbocycles. The highest BCUT2D eigenvalue weighted by molar-refractivity contribution is 7.80. The number of benzene rings is 3. The molecule has 0 radical (unpaired) electrons. The van der Waals surface area contributed by atoms with Gasteiger partial charge in [0, 0.05) is 11.5 Å². The molecule has 0 saturated heterocycles. The fourth-order valence-electron chi connectivity index (χ4n) is 2.57. The van der Waals surface area contributed by atoms with Gasteiger partial charge in [0.1, 0.15) is 0 Å². The molecule has 0 aliphatic heterocycles. The van der Waals surface area contributed by atoms with Gasteiger partial charge in [0.15, 0.2) is 0 Å². The first-order valence-electron chi connectivity index (χ1n) is 8.29. The van der Waals surface area contributed by atoms with Crippen molar-refractivity contribution < 1.29 is 0 Å². The normalized spacial score (nSPS) is 11.5. The Bertz CT molecular complexity index is 755. The van der Waals surface area contributed by atoms with Crippen molar-refractivity contribution in [1.29, 1.82) is 0 Å².